The van der Waals surface area contributed by atoms with Crippen LogP contribution in [-0.2, 0) is 19.6 Å². The predicted octanol–water partition coefficient (Wildman–Crippen LogP) is 3.31. The maximum atomic E-state index is 5.85. The molecule has 0 spiro atoms. The summed E-state index contributed by atoms with van der Waals surface area (Å²) < 4.78 is 0. The zero-order valence-electron chi connectivity index (χ0n) is 11.8. The molecule has 2 aromatic carbocycles. The van der Waals surface area contributed by atoms with Gasteiger partial charge in [-0.1, -0.05) is 54.6 Å². The summed E-state index contributed by atoms with van der Waals surface area (Å²) in [6.45, 7) is 2.66. The summed E-state index contributed by atoms with van der Waals surface area (Å²) in [4.78, 5) is 2.59. The maximum absolute atomic E-state index is 5.85. The molecule has 2 heteroatoms. The van der Waals surface area contributed by atoms with E-state index in [1.165, 1.54) is 29.5 Å². The van der Waals surface area contributed by atoms with Crippen LogP contribution in [0, 0.1) is 0 Å². The second kappa shape index (κ2) is 6.21. The van der Waals surface area contributed by atoms with E-state index in [-0.39, 0.29) is 0 Å². The molecule has 0 amide bonds. The molecule has 0 atom stereocenters. The maximum Gasteiger partial charge on any atom is 0.0243 e. The summed E-state index contributed by atoms with van der Waals surface area (Å²) in [5.41, 5.74) is 9.89. The van der Waals surface area contributed by atoms with Crippen LogP contribution >= 0.6 is 0 Å². The van der Waals surface area contributed by atoms with Crippen molar-refractivity contribution in [2.75, 3.05) is 0 Å². The van der Waals surface area contributed by atoms with Gasteiger partial charge in [0.2, 0.25) is 0 Å². The quantitative estimate of drug-likeness (QED) is 0.869. The van der Waals surface area contributed by atoms with Crippen molar-refractivity contribution in [3.05, 3.63) is 71.3 Å². The van der Waals surface area contributed by atoms with E-state index in [0.717, 1.165) is 19.1 Å². The molecule has 0 bridgehead atoms. The van der Waals surface area contributed by atoms with Crippen LogP contribution in [0.25, 0.3) is 0 Å². The second-order valence-electron chi connectivity index (χ2n) is 5.59. The molecule has 2 aromatic rings. The van der Waals surface area contributed by atoms with Crippen LogP contribution in [0.5, 0.6) is 0 Å². The Morgan fingerprint density at radius 3 is 2.15 bits per heavy atom. The van der Waals surface area contributed by atoms with Gasteiger partial charge in [-0.05, 0) is 29.5 Å². The fourth-order valence-electron chi connectivity index (χ4n) is 2.70. The standard InChI is InChI=1S/C18H22N2/c19-12-16-8-4-5-9-17(16)14-20(18-10-11-18)13-15-6-2-1-3-7-15/h1-9,18H,10-14,19H2. The minimum Gasteiger partial charge on any atom is -0.326 e. The first-order chi connectivity index (χ1) is 9.86. The highest BCUT2D eigenvalue weighted by atomic mass is 15.2. The molecule has 0 saturated heterocycles. The molecule has 3 rings (SSSR count). The van der Waals surface area contributed by atoms with Crippen LogP contribution in [-0.4, -0.2) is 10.9 Å². The summed E-state index contributed by atoms with van der Waals surface area (Å²) >= 11 is 0. The lowest BCUT2D eigenvalue weighted by Crippen LogP contribution is -2.25. The third-order valence-electron chi connectivity index (χ3n) is 4.00. The lowest BCUT2D eigenvalue weighted by molar-refractivity contribution is 0.245. The molecule has 0 unspecified atom stereocenters. The topological polar surface area (TPSA) is 29.3 Å². The van der Waals surface area contributed by atoms with Gasteiger partial charge in [0.25, 0.3) is 0 Å². The molecule has 2 nitrogen and oxygen atoms in total. The highest BCUT2D eigenvalue weighted by Crippen LogP contribution is 2.30. The van der Waals surface area contributed by atoms with Gasteiger partial charge in [0.05, 0.1) is 0 Å². The van der Waals surface area contributed by atoms with E-state index in [1.807, 2.05) is 0 Å². The van der Waals surface area contributed by atoms with Crippen molar-refractivity contribution >= 4 is 0 Å². The Hall–Kier alpha value is -1.64. The van der Waals surface area contributed by atoms with Gasteiger partial charge in [-0.2, -0.15) is 0 Å². The van der Waals surface area contributed by atoms with Crippen molar-refractivity contribution in [1.82, 2.24) is 4.90 Å². The molecular weight excluding hydrogens is 244 g/mol. The average Bonchev–Trinajstić information content (AvgIpc) is 3.33. The number of hydrogen-bond acceptors (Lipinski definition) is 2. The van der Waals surface area contributed by atoms with Crippen LogP contribution in [0.3, 0.4) is 0 Å². The molecule has 2 N–H and O–H groups in total. The molecule has 1 fully saturated rings. The van der Waals surface area contributed by atoms with Crippen molar-refractivity contribution in [3.8, 4) is 0 Å². The van der Waals surface area contributed by atoms with Crippen LogP contribution in [0.4, 0.5) is 0 Å². The lowest BCUT2D eigenvalue weighted by atomic mass is 10.1. The monoisotopic (exact) mass is 266 g/mol. The number of rotatable bonds is 6. The summed E-state index contributed by atoms with van der Waals surface area (Å²) in [7, 11) is 0. The normalized spacial score (nSPS) is 14.7. The molecule has 20 heavy (non-hydrogen) atoms. The fraction of sp³-hybridized carbons (Fsp3) is 0.333. The van der Waals surface area contributed by atoms with Crippen molar-refractivity contribution in [2.24, 2.45) is 5.73 Å². The van der Waals surface area contributed by atoms with Gasteiger partial charge in [-0.3, -0.25) is 4.90 Å². The van der Waals surface area contributed by atoms with Crippen molar-refractivity contribution in [3.63, 3.8) is 0 Å². The summed E-state index contributed by atoms with van der Waals surface area (Å²) in [6, 6.07) is 20.0. The third kappa shape index (κ3) is 3.27. The Morgan fingerprint density at radius 2 is 1.50 bits per heavy atom. The van der Waals surface area contributed by atoms with Crippen LogP contribution in [0.1, 0.15) is 29.5 Å². The summed E-state index contributed by atoms with van der Waals surface area (Å²) in [5.74, 6) is 0. The molecule has 104 valence electrons. The van der Waals surface area contributed by atoms with E-state index >= 15 is 0 Å². The van der Waals surface area contributed by atoms with E-state index in [4.69, 9.17) is 5.73 Å². The Bertz CT molecular complexity index is 546. The van der Waals surface area contributed by atoms with Crippen molar-refractivity contribution < 1.29 is 0 Å². The fourth-order valence-corrected chi connectivity index (χ4v) is 2.70. The number of nitrogens with two attached hydrogens (primary N) is 1. The highest BCUT2D eigenvalue weighted by molar-refractivity contribution is 5.27. The molecule has 0 aromatic heterocycles. The first-order valence-corrected chi connectivity index (χ1v) is 7.41. The first-order valence-electron chi connectivity index (χ1n) is 7.41. The van der Waals surface area contributed by atoms with E-state index in [2.05, 4.69) is 59.5 Å². The van der Waals surface area contributed by atoms with Gasteiger partial charge in [0.1, 0.15) is 0 Å². The SMILES string of the molecule is NCc1ccccc1CN(Cc1ccccc1)C1CC1. The zero-order chi connectivity index (χ0) is 13.8. The number of hydrogen-bond donors (Lipinski definition) is 1. The Labute approximate surface area is 121 Å². The predicted molar refractivity (Wildman–Crippen MR) is 83.0 cm³/mol. The summed E-state index contributed by atoms with van der Waals surface area (Å²) in [5, 5.41) is 0. The van der Waals surface area contributed by atoms with Crippen molar-refractivity contribution in [2.45, 2.75) is 38.5 Å². The van der Waals surface area contributed by atoms with E-state index in [9.17, 15) is 0 Å². The second-order valence-corrected chi connectivity index (χ2v) is 5.59. The zero-order valence-corrected chi connectivity index (χ0v) is 11.8. The van der Waals surface area contributed by atoms with Crippen molar-refractivity contribution in [1.29, 1.82) is 0 Å². The van der Waals surface area contributed by atoms with Gasteiger partial charge in [-0.25, -0.2) is 0 Å². The Balaban J connectivity index is 1.74. The van der Waals surface area contributed by atoms with Crippen LogP contribution < -0.4 is 5.73 Å². The van der Waals surface area contributed by atoms with Crippen LogP contribution in [0.15, 0.2) is 54.6 Å². The first kappa shape index (κ1) is 13.3. The number of benzene rings is 2. The molecule has 0 heterocycles. The molecule has 1 aliphatic rings. The smallest absolute Gasteiger partial charge is 0.0243 e. The highest BCUT2D eigenvalue weighted by Gasteiger charge is 2.29. The Morgan fingerprint density at radius 1 is 0.850 bits per heavy atom. The van der Waals surface area contributed by atoms with Gasteiger partial charge < -0.3 is 5.73 Å². The van der Waals surface area contributed by atoms with Gasteiger partial charge >= 0.3 is 0 Å². The minimum atomic E-state index is 0.625. The number of nitrogens with zero attached hydrogens (tertiary/aromatic N) is 1. The summed E-state index contributed by atoms with van der Waals surface area (Å²) in [6.07, 6.45) is 2.66. The van der Waals surface area contributed by atoms with Gasteiger partial charge in [0.15, 0.2) is 0 Å². The lowest BCUT2D eigenvalue weighted by Gasteiger charge is -2.23. The Kier molecular flexibility index (Phi) is 4.14. The molecule has 1 aliphatic carbocycles. The molecule has 0 radical (unpaired) electrons. The average molecular weight is 266 g/mol. The van der Waals surface area contributed by atoms with Crippen LogP contribution in [0.2, 0.25) is 0 Å². The largest absolute Gasteiger partial charge is 0.326 e. The van der Waals surface area contributed by atoms with E-state index in [1.54, 1.807) is 0 Å². The molecule has 0 aliphatic heterocycles. The molecular formula is C18H22N2. The minimum absolute atomic E-state index is 0.625. The molecule has 1 saturated carbocycles. The van der Waals surface area contributed by atoms with Gasteiger partial charge in [-0.15, -0.1) is 0 Å². The van der Waals surface area contributed by atoms with E-state index in [0.29, 0.717) is 6.54 Å². The van der Waals surface area contributed by atoms with E-state index < -0.39 is 0 Å². The van der Waals surface area contributed by atoms with Gasteiger partial charge in [0, 0.05) is 25.7 Å². The third-order valence-corrected chi connectivity index (χ3v) is 4.00.